The number of rotatable bonds is 4. The molecule has 1 saturated carbocycles. The summed E-state index contributed by atoms with van der Waals surface area (Å²) in [6, 6.07) is 6.02. The maximum Gasteiger partial charge on any atom is 0.243 e. The maximum atomic E-state index is 12.8. The summed E-state index contributed by atoms with van der Waals surface area (Å²) in [6.07, 6.45) is 3.92. The van der Waals surface area contributed by atoms with E-state index in [4.69, 9.17) is 0 Å². The summed E-state index contributed by atoms with van der Waals surface area (Å²) in [5.41, 5.74) is 2.13. The Bertz CT molecular complexity index is 590. The number of sulfonamides is 1. The minimum absolute atomic E-state index is 0.112. The molecule has 0 heterocycles. The lowest BCUT2D eigenvalue weighted by atomic mass is 9.91. The third kappa shape index (κ3) is 3.47. The van der Waals surface area contributed by atoms with Crippen LogP contribution in [0.3, 0.4) is 0 Å². The van der Waals surface area contributed by atoms with E-state index in [1.54, 1.807) is 23.5 Å². The molecule has 0 aromatic heterocycles. The van der Waals surface area contributed by atoms with Crippen LogP contribution in [0.1, 0.15) is 36.8 Å². The third-order valence-electron chi connectivity index (χ3n) is 4.77. The van der Waals surface area contributed by atoms with Crippen molar-refractivity contribution in [1.29, 1.82) is 0 Å². The van der Waals surface area contributed by atoms with Crippen molar-refractivity contribution in [1.82, 2.24) is 9.62 Å². The second kappa shape index (κ2) is 6.46. The smallest absolute Gasteiger partial charge is 0.243 e. The van der Waals surface area contributed by atoms with Gasteiger partial charge in [-0.25, -0.2) is 8.42 Å². The van der Waals surface area contributed by atoms with Crippen molar-refractivity contribution in [2.45, 2.75) is 56.5 Å². The fourth-order valence-electron chi connectivity index (χ4n) is 2.96. The second-order valence-electron chi connectivity index (χ2n) is 6.06. The largest absolute Gasteiger partial charge is 0.317 e. The van der Waals surface area contributed by atoms with Gasteiger partial charge in [0, 0.05) is 19.1 Å². The molecule has 0 aliphatic heterocycles. The first-order valence-electron chi connectivity index (χ1n) is 7.59. The van der Waals surface area contributed by atoms with Gasteiger partial charge in [0.15, 0.2) is 0 Å². The summed E-state index contributed by atoms with van der Waals surface area (Å²) in [7, 11) is 0.301. The van der Waals surface area contributed by atoms with Gasteiger partial charge >= 0.3 is 0 Å². The van der Waals surface area contributed by atoms with Crippen molar-refractivity contribution in [2.24, 2.45) is 0 Å². The Balaban J connectivity index is 2.17. The van der Waals surface area contributed by atoms with Gasteiger partial charge in [-0.15, -0.1) is 0 Å². The average molecular weight is 310 g/mol. The van der Waals surface area contributed by atoms with E-state index in [1.165, 1.54) is 0 Å². The molecule has 1 fully saturated rings. The SMILES string of the molecule is CNC1CCC(N(C)S(=O)(=O)c2ccc(C)c(C)c2)CC1. The van der Waals surface area contributed by atoms with Crippen molar-refractivity contribution < 1.29 is 8.42 Å². The zero-order valence-corrected chi connectivity index (χ0v) is 14.2. The molecule has 0 spiro atoms. The number of benzene rings is 1. The summed E-state index contributed by atoms with van der Waals surface area (Å²) in [4.78, 5) is 0.406. The van der Waals surface area contributed by atoms with E-state index < -0.39 is 10.0 Å². The van der Waals surface area contributed by atoms with Crippen LogP contribution in [-0.2, 0) is 10.0 Å². The lowest BCUT2D eigenvalue weighted by Gasteiger charge is -2.34. The topological polar surface area (TPSA) is 49.4 Å². The highest BCUT2D eigenvalue weighted by Crippen LogP contribution is 2.27. The van der Waals surface area contributed by atoms with Crippen LogP contribution in [0.25, 0.3) is 0 Å². The Kier molecular flexibility index (Phi) is 5.07. The molecular formula is C16H26N2O2S. The Morgan fingerprint density at radius 3 is 2.24 bits per heavy atom. The quantitative estimate of drug-likeness (QED) is 0.929. The molecule has 1 N–H and O–H groups in total. The summed E-state index contributed by atoms with van der Waals surface area (Å²) in [6.45, 7) is 3.95. The van der Waals surface area contributed by atoms with E-state index >= 15 is 0 Å². The highest BCUT2D eigenvalue weighted by atomic mass is 32.2. The van der Waals surface area contributed by atoms with E-state index in [0.29, 0.717) is 10.9 Å². The predicted octanol–water partition coefficient (Wildman–Crippen LogP) is 2.45. The lowest BCUT2D eigenvalue weighted by molar-refractivity contribution is 0.255. The lowest BCUT2D eigenvalue weighted by Crippen LogP contribution is -2.42. The molecule has 0 radical (unpaired) electrons. The van der Waals surface area contributed by atoms with Crippen molar-refractivity contribution in [3.8, 4) is 0 Å². The molecule has 0 bridgehead atoms. The molecule has 21 heavy (non-hydrogen) atoms. The predicted molar refractivity (Wildman–Crippen MR) is 86.0 cm³/mol. The van der Waals surface area contributed by atoms with Gasteiger partial charge in [0.05, 0.1) is 4.90 Å². The van der Waals surface area contributed by atoms with Crippen LogP contribution >= 0.6 is 0 Å². The maximum absolute atomic E-state index is 12.8. The Hall–Kier alpha value is -0.910. The van der Waals surface area contributed by atoms with E-state index in [1.807, 2.05) is 27.0 Å². The number of hydrogen-bond donors (Lipinski definition) is 1. The molecule has 0 unspecified atom stereocenters. The van der Waals surface area contributed by atoms with Gasteiger partial charge in [-0.2, -0.15) is 4.31 Å². The molecule has 1 aromatic rings. The summed E-state index contributed by atoms with van der Waals surface area (Å²) in [5, 5.41) is 3.28. The Labute approximate surface area is 128 Å². The van der Waals surface area contributed by atoms with Gasteiger partial charge in [0.2, 0.25) is 10.0 Å². The van der Waals surface area contributed by atoms with Crippen LogP contribution in [0.5, 0.6) is 0 Å². The fraction of sp³-hybridized carbons (Fsp3) is 0.625. The molecule has 0 atom stereocenters. The first-order chi connectivity index (χ1) is 9.86. The molecule has 0 amide bonds. The first-order valence-corrected chi connectivity index (χ1v) is 9.03. The van der Waals surface area contributed by atoms with Crippen LogP contribution < -0.4 is 5.32 Å². The van der Waals surface area contributed by atoms with Gasteiger partial charge in [-0.05, 0) is 69.8 Å². The molecule has 5 heteroatoms. The third-order valence-corrected chi connectivity index (χ3v) is 6.68. The van der Waals surface area contributed by atoms with Crippen molar-refractivity contribution in [2.75, 3.05) is 14.1 Å². The van der Waals surface area contributed by atoms with E-state index in [0.717, 1.165) is 36.8 Å². The molecule has 0 saturated heterocycles. The number of hydrogen-bond acceptors (Lipinski definition) is 3. The zero-order chi connectivity index (χ0) is 15.6. The van der Waals surface area contributed by atoms with Gasteiger partial charge in [0.1, 0.15) is 0 Å². The second-order valence-corrected chi connectivity index (χ2v) is 8.06. The molecule has 118 valence electrons. The van der Waals surface area contributed by atoms with Crippen molar-refractivity contribution in [3.63, 3.8) is 0 Å². The summed E-state index contributed by atoms with van der Waals surface area (Å²) < 4.78 is 27.1. The number of nitrogens with zero attached hydrogens (tertiary/aromatic N) is 1. The fourth-order valence-corrected chi connectivity index (χ4v) is 4.47. The zero-order valence-electron chi connectivity index (χ0n) is 13.4. The molecule has 1 aliphatic carbocycles. The molecule has 4 nitrogen and oxygen atoms in total. The first kappa shape index (κ1) is 16.5. The minimum Gasteiger partial charge on any atom is -0.317 e. The summed E-state index contributed by atoms with van der Waals surface area (Å²) >= 11 is 0. The normalized spacial score (nSPS) is 23.5. The van der Waals surface area contributed by atoms with Crippen LogP contribution in [0.4, 0.5) is 0 Å². The van der Waals surface area contributed by atoms with Gasteiger partial charge in [0.25, 0.3) is 0 Å². The van der Waals surface area contributed by atoms with E-state index in [-0.39, 0.29) is 6.04 Å². The highest BCUT2D eigenvalue weighted by Gasteiger charge is 2.31. The highest BCUT2D eigenvalue weighted by molar-refractivity contribution is 7.89. The van der Waals surface area contributed by atoms with Gasteiger partial charge in [-0.1, -0.05) is 6.07 Å². The molecular weight excluding hydrogens is 284 g/mol. The summed E-state index contributed by atoms with van der Waals surface area (Å²) in [5.74, 6) is 0. The van der Waals surface area contributed by atoms with E-state index in [2.05, 4.69) is 5.32 Å². The van der Waals surface area contributed by atoms with Gasteiger partial charge in [-0.3, -0.25) is 0 Å². The Morgan fingerprint density at radius 2 is 1.71 bits per heavy atom. The molecule has 1 aromatic carbocycles. The standard InChI is InChI=1S/C16H26N2O2S/c1-12-5-10-16(11-13(12)2)21(19,20)18(4)15-8-6-14(17-3)7-9-15/h5,10-11,14-15,17H,6-9H2,1-4H3. The number of aryl methyl sites for hydroxylation is 2. The van der Waals surface area contributed by atoms with Crippen molar-refractivity contribution >= 4 is 10.0 Å². The van der Waals surface area contributed by atoms with Crippen LogP contribution in [0.2, 0.25) is 0 Å². The average Bonchev–Trinajstić information content (AvgIpc) is 2.49. The minimum atomic E-state index is -3.39. The number of nitrogens with one attached hydrogen (secondary N) is 1. The molecule has 1 aliphatic rings. The molecule has 2 rings (SSSR count). The monoisotopic (exact) mass is 310 g/mol. The van der Waals surface area contributed by atoms with E-state index in [9.17, 15) is 8.42 Å². The van der Waals surface area contributed by atoms with Gasteiger partial charge < -0.3 is 5.32 Å². The Morgan fingerprint density at radius 1 is 1.10 bits per heavy atom. The van der Waals surface area contributed by atoms with Crippen molar-refractivity contribution in [3.05, 3.63) is 29.3 Å². The van der Waals surface area contributed by atoms with Crippen LogP contribution in [-0.4, -0.2) is 38.9 Å². The van der Waals surface area contributed by atoms with Crippen LogP contribution in [0, 0.1) is 13.8 Å². The van der Waals surface area contributed by atoms with Crippen LogP contribution in [0.15, 0.2) is 23.1 Å².